The molecule has 110 valence electrons. The molecule has 0 bridgehead atoms. The standard InChI is InChI=1S/C13H24N2O4/c1-13(2,3)19-12(17)14-6-4-5-11(16)15-7-9-18-10-8-15/h4-10H2,1-3H3,(H,14,17). The number of nitrogens with one attached hydrogen (secondary N) is 1. The van der Waals surface area contributed by atoms with Gasteiger partial charge in [-0.25, -0.2) is 4.79 Å². The molecule has 6 nitrogen and oxygen atoms in total. The number of amides is 2. The van der Waals surface area contributed by atoms with E-state index in [2.05, 4.69) is 5.32 Å². The topological polar surface area (TPSA) is 67.9 Å². The van der Waals surface area contributed by atoms with Crippen molar-refractivity contribution in [1.29, 1.82) is 0 Å². The zero-order valence-electron chi connectivity index (χ0n) is 12.0. The molecule has 1 rings (SSSR count). The predicted octanol–water partition coefficient (Wildman–Crippen LogP) is 1.15. The number of morpholine rings is 1. The Morgan fingerprint density at radius 3 is 2.47 bits per heavy atom. The number of ether oxygens (including phenoxy) is 2. The first kappa shape index (κ1) is 15.8. The SMILES string of the molecule is CC(C)(C)OC(=O)NCCCC(=O)N1CCOCC1. The fourth-order valence-corrected chi connectivity index (χ4v) is 1.72. The van der Waals surface area contributed by atoms with Crippen molar-refractivity contribution >= 4 is 12.0 Å². The summed E-state index contributed by atoms with van der Waals surface area (Å²) in [5.41, 5.74) is -0.492. The average molecular weight is 272 g/mol. The summed E-state index contributed by atoms with van der Waals surface area (Å²) in [5, 5.41) is 2.64. The second-order valence-corrected chi connectivity index (χ2v) is 5.53. The molecule has 6 heteroatoms. The highest BCUT2D eigenvalue weighted by atomic mass is 16.6. The summed E-state index contributed by atoms with van der Waals surface area (Å²) in [7, 11) is 0. The average Bonchev–Trinajstić information content (AvgIpc) is 2.33. The normalized spacial score (nSPS) is 16.1. The van der Waals surface area contributed by atoms with Crippen molar-refractivity contribution in [2.24, 2.45) is 0 Å². The van der Waals surface area contributed by atoms with Crippen LogP contribution in [0.15, 0.2) is 0 Å². The predicted molar refractivity (Wildman–Crippen MR) is 70.9 cm³/mol. The molecule has 1 aliphatic rings. The quantitative estimate of drug-likeness (QED) is 0.780. The van der Waals surface area contributed by atoms with Gasteiger partial charge < -0.3 is 19.7 Å². The number of carbonyl (C=O) groups is 2. The Morgan fingerprint density at radius 1 is 1.26 bits per heavy atom. The summed E-state index contributed by atoms with van der Waals surface area (Å²) in [6, 6.07) is 0. The molecule has 0 unspecified atom stereocenters. The van der Waals surface area contributed by atoms with Crippen LogP contribution in [0.2, 0.25) is 0 Å². The summed E-state index contributed by atoms with van der Waals surface area (Å²) in [4.78, 5) is 25.0. The monoisotopic (exact) mass is 272 g/mol. The van der Waals surface area contributed by atoms with Crippen molar-refractivity contribution in [1.82, 2.24) is 10.2 Å². The molecule has 1 fully saturated rings. The van der Waals surface area contributed by atoms with Crippen molar-refractivity contribution < 1.29 is 19.1 Å². The van der Waals surface area contributed by atoms with Gasteiger partial charge >= 0.3 is 6.09 Å². The molecule has 1 heterocycles. The summed E-state index contributed by atoms with van der Waals surface area (Å²) in [5.74, 6) is 0.120. The molecule has 0 atom stereocenters. The highest BCUT2D eigenvalue weighted by Crippen LogP contribution is 2.06. The lowest BCUT2D eigenvalue weighted by Crippen LogP contribution is -2.41. The molecule has 1 N–H and O–H groups in total. The van der Waals surface area contributed by atoms with Crippen LogP contribution >= 0.6 is 0 Å². The van der Waals surface area contributed by atoms with Crippen LogP contribution in [-0.4, -0.2) is 55.3 Å². The van der Waals surface area contributed by atoms with Gasteiger partial charge in [0.15, 0.2) is 0 Å². The van der Waals surface area contributed by atoms with Gasteiger partial charge in [-0.3, -0.25) is 4.79 Å². The highest BCUT2D eigenvalue weighted by Gasteiger charge is 2.17. The van der Waals surface area contributed by atoms with E-state index in [1.165, 1.54) is 0 Å². The van der Waals surface area contributed by atoms with Crippen LogP contribution in [0.3, 0.4) is 0 Å². The van der Waals surface area contributed by atoms with E-state index in [9.17, 15) is 9.59 Å². The maximum Gasteiger partial charge on any atom is 0.407 e. The number of alkyl carbamates (subject to hydrolysis) is 1. The molecule has 0 aliphatic carbocycles. The van der Waals surface area contributed by atoms with Gasteiger partial charge in [-0.15, -0.1) is 0 Å². The Kier molecular flexibility index (Phi) is 6.08. The zero-order chi connectivity index (χ0) is 14.3. The smallest absolute Gasteiger partial charge is 0.407 e. The van der Waals surface area contributed by atoms with Gasteiger partial charge in [0.25, 0.3) is 0 Å². The van der Waals surface area contributed by atoms with Crippen molar-refractivity contribution in [2.75, 3.05) is 32.8 Å². The van der Waals surface area contributed by atoms with Gasteiger partial charge in [0, 0.05) is 26.1 Å². The second kappa shape index (κ2) is 7.33. The number of nitrogens with zero attached hydrogens (tertiary/aromatic N) is 1. The molecule has 19 heavy (non-hydrogen) atoms. The summed E-state index contributed by atoms with van der Waals surface area (Å²) >= 11 is 0. The molecular weight excluding hydrogens is 248 g/mol. The van der Waals surface area contributed by atoms with Gasteiger partial charge in [-0.05, 0) is 27.2 Å². The van der Waals surface area contributed by atoms with Gasteiger partial charge in [0.05, 0.1) is 13.2 Å². The molecule has 0 saturated carbocycles. The van der Waals surface area contributed by atoms with Crippen LogP contribution in [-0.2, 0) is 14.3 Å². The minimum atomic E-state index is -0.492. The molecule has 1 saturated heterocycles. The number of carbonyl (C=O) groups excluding carboxylic acids is 2. The Bertz CT molecular complexity index is 306. The zero-order valence-corrected chi connectivity index (χ0v) is 12.0. The van der Waals surface area contributed by atoms with Gasteiger partial charge in [-0.2, -0.15) is 0 Å². The van der Waals surface area contributed by atoms with Crippen LogP contribution in [0.5, 0.6) is 0 Å². The third-order valence-corrected chi connectivity index (χ3v) is 2.60. The lowest BCUT2D eigenvalue weighted by molar-refractivity contribution is -0.135. The van der Waals surface area contributed by atoms with Gasteiger partial charge in [0.2, 0.25) is 5.91 Å². The van der Waals surface area contributed by atoms with E-state index in [0.29, 0.717) is 45.7 Å². The van der Waals surface area contributed by atoms with Crippen molar-refractivity contribution in [2.45, 2.75) is 39.2 Å². The largest absolute Gasteiger partial charge is 0.444 e. The van der Waals surface area contributed by atoms with Crippen molar-refractivity contribution in [3.63, 3.8) is 0 Å². The first-order chi connectivity index (χ1) is 8.88. The molecule has 0 aromatic heterocycles. The Morgan fingerprint density at radius 2 is 1.89 bits per heavy atom. The fraction of sp³-hybridized carbons (Fsp3) is 0.846. The first-order valence-corrected chi connectivity index (χ1v) is 6.71. The van der Waals surface area contributed by atoms with E-state index < -0.39 is 11.7 Å². The second-order valence-electron chi connectivity index (χ2n) is 5.53. The molecule has 0 aromatic carbocycles. The van der Waals surface area contributed by atoms with Gasteiger partial charge in [-0.1, -0.05) is 0 Å². The fourth-order valence-electron chi connectivity index (χ4n) is 1.72. The van der Waals surface area contributed by atoms with E-state index in [0.717, 1.165) is 0 Å². The maximum atomic E-state index is 11.8. The number of hydrogen-bond donors (Lipinski definition) is 1. The van der Waals surface area contributed by atoms with E-state index >= 15 is 0 Å². The Hall–Kier alpha value is -1.30. The minimum Gasteiger partial charge on any atom is -0.444 e. The lowest BCUT2D eigenvalue weighted by atomic mass is 10.2. The van der Waals surface area contributed by atoms with Crippen LogP contribution in [0.1, 0.15) is 33.6 Å². The van der Waals surface area contributed by atoms with Gasteiger partial charge in [0.1, 0.15) is 5.60 Å². The third kappa shape index (κ3) is 7.00. The summed E-state index contributed by atoms with van der Waals surface area (Å²) in [6.07, 6.45) is 0.622. The van der Waals surface area contributed by atoms with Crippen LogP contribution in [0.25, 0.3) is 0 Å². The Balaban J connectivity index is 2.10. The minimum absolute atomic E-state index is 0.120. The van der Waals surface area contributed by atoms with E-state index in [1.807, 2.05) is 20.8 Å². The highest BCUT2D eigenvalue weighted by molar-refractivity contribution is 5.76. The van der Waals surface area contributed by atoms with Crippen molar-refractivity contribution in [3.8, 4) is 0 Å². The summed E-state index contributed by atoms with van der Waals surface area (Å²) < 4.78 is 10.3. The molecular formula is C13H24N2O4. The van der Waals surface area contributed by atoms with Crippen LogP contribution in [0.4, 0.5) is 4.79 Å². The molecule has 0 radical (unpaired) electrons. The van der Waals surface area contributed by atoms with E-state index in [4.69, 9.17) is 9.47 Å². The molecule has 0 spiro atoms. The van der Waals surface area contributed by atoms with Crippen LogP contribution < -0.4 is 5.32 Å². The number of rotatable bonds is 4. The maximum absolute atomic E-state index is 11.8. The lowest BCUT2D eigenvalue weighted by Gasteiger charge is -2.26. The third-order valence-electron chi connectivity index (χ3n) is 2.60. The van der Waals surface area contributed by atoms with E-state index in [1.54, 1.807) is 4.90 Å². The molecule has 1 aliphatic heterocycles. The first-order valence-electron chi connectivity index (χ1n) is 6.71. The van der Waals surface area contributed by atoms with Crippen molar-refractivity contribution in [3.05, 3.63) is 0 Å². The Labute approximate surface area is 114 Å². The molecule has 2 amide bonds. The van der Waals surface area contributed by atoms with E-state index in [-0.39, 0.29) is 5.91 Å². The van der Waals surface area contributed by atoms with Crippen LogP contribution in [0, 0.1) is 0 Å². The number of hydrogen-bond acceptors (Lipinski definition) is 4. The summed E-state index contributed by atoms with van der Waals surface area (Å²) in [6.45, 7) is 8.45. The molecule has 0 aromatic rings.